The minimum absolute atomic E-state index is 0.244. The Morgan fingerprint density at radius 2 is 2.00 bits per heavy atom. The third-order valence-electron chi connectivity index (χ3n) is 2.26. The zero-order chi connectivity index (χ0) is 11.7. The summed E-state index contributed by atoms with van der Waals surface area (Å²) in [7, 11) is 0. The van der Waals surface area contributed by atoms with Crippen LogP contribution >= 0.6 is 11.6 Å². The number of hydrogen-bond donors (Lipinski definition) is 0. The first-order valence-corrected chi connectivity index (χ1v) is 5.39. The molecule has 17 heavy (non-hydrogen) atoms. The van der Waals surface area contributed by atoms with Crippen molar-refractivity contribution >= 4 is 11.6 Å². The van der Waals surface area contributed by atoms with Gasteiger partial charge in [-0.05, 0) is 18.2 Å². The number of rotatable bonds is 2. The van der Waals surface area contributed by atoms with Crippen molar-refractivity contribution in [3.8, 4) is 23.1 Å². The molecule has 0 fully saturated rings. The van der Waals surface area contributed by atoms with Gasteiger partial charge in [0.25, 0.3) is 0 Å². The lowest BCUT2D eigenvalue weighted by Gasteiger charge is -2.05. The van der Waals surface area contributed by atoms with E-state index in [9.17, 15) is 0 Å². The molecule has 0 aliphatic carbocycles. The summed E-state index contributed by atoms with van der Waals surface area (Å²) < 4.78 is 16.0. The fourth-order valence-corrected chi connectivity index (χ4v) is 1.66. The van der Waals surface area contributed by atoms with Crippen LogP contribution in [0.5, 0.6) is 23.1 Å². The second-order valence-corrected chi connectivity index (χ2v) is 3.80. The number of aromatic nitrogens is 1. The Kier molecular flexibility index (Phi) is 2.49. The first-order valence-electron chi connectivity index (χ1n) is 5.01. The molecule has 2 heterocycles. The number of ether oxygens (including phenoxy) is 3. The summed E-state index contributed by atoms with van der Waals surface area (Å²) in [4.78, 5) is 4.03. The number of fused-ring (bicyclic) bond motifs is 1. The molecule has 0 N–H and O–H groups in total. The van der Waals surface area contributed by atoms with Crippen molar-refractivity contribution < 1.29 is 14.2 Å². The largest absolute Gasteiger partial charge is 0.454 e. The van der Waals surface area contributed by atoms with Gasteiger partial charge in [0.2, 0.25) is 12.7 Å². The Labute approximate surface area is 103 Å². The molecule has 0 unspecified atom stereocenters. The van der Waals surface area contributed by atoms with Crippen molar-refractivity contribution in [3.05, 3.63) is 41.6 Å². The van der Waals surface area contributed by atoms with Gasteiger partial charge >= 0.3 is 0 Å². The van der Waals surface area contributed by atoms with Gasteiger partial charge in [-0.15, -0.1) is 0 Å². The zero-order valence-corrected chi connectivity index (χ0v) is 9.48. The van der Waals surface area contributed by atoms with Gasteiger partial charge in [-0.2, -0.15) is 0 Å². The fraction of sp³-hybridized carbons (Fsp3) is 0.0833. The topological polar surface area (TPSA) is 40.6 Å². The van der Waals surface area contributed by atoms with Gasteiger partial charge in [0.15, 0.2) is 11.5 Å². The zero-order valence-electron chi connectivity index (χ0n) is 8.72. The summed E-state index contributed by atoms with van der Waals surface area (Å²) in [5.74, 6) is 2.46. The standard InChI is InChI=1S/C12H8ClNO3/c13-11-2-1-3-12(14-11)17-8-4-5-9-10(6-8)16-7-15-9/h1-6H,7H2. The Hall–Kier alpha value is -1.94. The lowest BCUT2D eigenvalue weighted by Crippen LogP contribution is -1.92. The molecule has 3 rings (SSSR count). The molecule has 0 bridgehead atoms. The molecular formula is C12H8ClNO3. The van der Waals surface area contributed by atoms with Crippen molar-refractivity contribution in [2.75, 3.05) is 6.79 Å². The summed E-state index contributed by atoms with van der Waals surface area (Å²) in [5.41, 5.74) is 0. The van der Waals surface area contributed by atoms with Crippen LogP contribution in [-0.4, -0.2) is 11.8 Å². The third kappa shape index (κ3) is 2.12. The van der Waals surface area contributed by atoms with Crippen molar-refractivity contribution in [1.82, 2.24) is 4.98 Å². The van der Waals surface area contributed by atoms with Crippen molar-refractivity contribution in [1.29, 1.82) is 0 Å². The van der Waals surface area contributed by atoms with Crippen LogP contribution in [0.25, 0.3) is 0 Å². The third-order valence-corrected chi connectivity index (χ3v) is 2.47. The first-order chi connectivity index (χ1) is 8.31. The summed E-state index contributed by atoms with van der Waals surface area (Å²) in [6.07, 6.45) is 0. The second-order valence-electron chi connectivity index (χ2n) is 3.42. The van der Waals surface area contributed by atoms with E-state index in [2.05, 4.69) is 4.98 Å². The van der Waals surface area contributed by atoms with Gasteiger partial charge in [-0.1, -0.05) is 17.7 Å². The van der Waals surface area contributed by atoms with Gasteiger partial charge in [0, 0.05) is 12.1 Å². The number of benzene rings is 1. The highest BCUT2D eigenvalue weighted by atomic mass is 35.5. The second kappa shape index (κ2) is 4.14. The average molecular weight is 250 g/mol. The maximum absolute atomic E-state index is 5.77. The van der Waals surface area contributed by atoms with Crippen molar-refractivity contribution in [3.63, 3.8) is 0 Å². The Morgan fingerprint density at radius 3 is 2.88 bits per heavy atom. The van der Waals surface area contributed by atoms with Crippen molar-refractivity contribution in [2.45, 2.75) is 0 Å². The van der Waals surface area contributed by atoms with E-state index in [-0.39, 0.29) is 6.79 Å². The molecule has 86 valence electrons. The van der Waals surface area contributed by atoms with E-state index in [0.717, 1.165) is 5.75 Å². The van der Waals surface area contributed by atoms with E-state index >= 15 is 0 Å². The minimum Gasteiger partial charge on any atom is -0.454 e. The number of halogens is 1. The van der Waals surface area contributed by atoms with Gasteiger partial charge in [-0.3, -0.25) is 0 Å². The van der Waals surface area contributed by atoms with Crippen LogP contribution in [0.2, 0.25) is 5.15 Å². The van der Waals surface area contributed by atoms with Gasteiger partial charge in [-0.25, -0.2) is 4.98 Å². The van der Waals surface area contributed by atoms with Gasteiger partial charge in [0.05, 0.1) is 0 Å². The summed E-state index contributed by atoms with van der Waals surface area (Å²) >= 11 is 5.77. The maximum atomic E-state index is 5.77. The predicted molar refractivity (Wildman–Crippen MR) is 61.9 cm³/mol. The highest BCUT2D eigenvalue weighted by Crippen LogP contribution is 2.36. The van der Waals surface area contributed by atoms with Crippen LogP contribution in [0.1, 0.15) is 0 Å². The highest BCUT2D eigenvalue weighted by molar-refractivity contribution is 6.29. The summed E-state index contributed by atoms with van der Waals surface area (Å²) in [6, 6.07) is 10.5. The van der Waals surface area contributed by atoms with Crippen molar-refractivity contribution in [2.24, 2.45) is 0 Å². The molecule has 0 amide bonds. The lowest BCUT2D eigenvalue weighted by atomic mass is 10.3. The molecule has 0 atom stereocenters. The SMILES string of the molecule is Clc1cccc(Oc2ccc3c(c2)OCO3)n1. The Bertz CT molecular complexity index is 559. The molecule has 4 nitrogen and oxygen atoms in total. The molecular weight excluding hydrogens is 242 g/mol. The van der Waals surface area contributed by atoms with Crippen LogP contribution < -0.4 is 14.2 Å². The highest BCUT2D eigenvalue weighted by Gasteiger charge is 2.14. The molecule has 1 aromatic carbocycles. The molecule has 0 saturated carbocycles. The summed E-state index contributed by atoms with van der Waals surface area (Å²) in [5, 5.41) is 0.392. The minimum atomic E-state index is 0.244. The van der Waals surface area contributed by atoms with E-state index in [4.69, 9.17) is 25.8 Å². The summed E-state index contributed by atoms with van der Waals surface area (Å²) in [6.45, 7) is 0.244. The Balaban J connectivity index is 1.86. The van der Waals surface area contributed by atoms with E-state index in [1.165, 1.54) is 0 Å². The smallest absolute Gasteiger partial charge is 0.231 e. The number of pyridine rings is 1. The lowest BCUT2D eigenvalue weighted by molar-refractivity contribution is 0.174. The van der Waals surface area contributed by atoms with Crippen LogP contribution in [-0.2, 0) is 0 Å². The first kappa shape index (κ1) is 10.2. The van der Waals surface area contributed by atoms with Crippen LogP contribution in [0.3, 0.4) is 0 Å². The maximum Gasteiger partial charge on any atom is 0.231 e. The Morgan fingerprint density at radius 1 is 1.12 bits per heavy atom. The predicted octanol–water partition coefficient (Wildman–Crippen LogP) is 3.26. The quantitative estimate of drug-likeness (QED) is 0.766. The average Bonchev–Trinajstić information content (AvgIpc) is 2.76. The number of nitrogens with zero attached hydrogens (tertiary/aromatic N) is 1. The molecule has 1 aliphatic rings. The van der Waals surface area contributed by atoms with E-state index in [0.29, 0.717) is 22.5 Å². The van der Waals surface area contributed by atoms with E-state index < -0.39 is 0 Å². The molecule has 1 aliphatic heterocycles. The van der Waals surface area contributed by atoms with E-state index in [1.807, 2.05) is 0 Å². The van der Waals surface area contributed by atoms with Gasteiger partial charge in [0.1, 0.15) is 10.9 Å². The van der Waals surface area contributed by atoms with Crippen LogP contribution in [0, 0.1) is 0 Å². The molecule has 0 saturated heterocycles. The molecule has 0 radical (unpaired) electrons. The van der Waals surface area contributed by atoms with E-state index in [1.54, 1.807) is 36.4 Å². The van der Waals surface area contributed by atoms with Crippen LogP contribution in [0.15, 0.2) is 36.4 Å². The molecule has 0 spiro atoms. The molecule has 2 aromatic rings. The molecule has 5 heteroatoms. The molecule has 1 aromatic heterocycles. The number of hydrogen-bond acceptors (Lipinski definition) is 4. The monoisotopic (exact) mass is 249 g/mol. The normalized spacial score (nSPS) is 12.5. The fourth-order valence-electron chi connectivity index (χ4n) is 1.51. The van der Waals surface area contributed by atoms with Gasteiger partial charge < -0.3 is 14.2 Å². The van der Waals surface area contributed by atoms with Crippen LogP contribution in [0.4, 0.5) is 0 Å².